The zero-order chi connectivity index (χ0) is 10.7. The highest BCUT2D eigenvalue weighted by Gasteiger charge is 2.38. The van der Waals surface area contributed by atoms with Gasteiger partial charge < -0.3 is 9.84 Å². The molecule has 1 aromatic rings. The molecule has 1 saturated heterocycles. The van der Waals surface area contributed by atoms with Crippen molar-refractivity contribution in [1.82, 2.24) is 0 Å². The molecule has 82 valence electrons. The lowest BCUT2D eigenvalue weighted by molar-refractivity contribution is -0.00838. The number of rotatable bonds is 2. The van der Waals surface area contributed by atoms with Crippen LogP contribution in [0.1, 0.15) is 25.3 Å². The summed E-state index contributed by atoms with van der Waals surface area (Å²) >= 11 is 0. The third kappa shape index (κ3) is 1.92. The molecule has 1 aliphatic rings. The minimum atomic E-state index is -0.316. The first-order chi connectivity index (χ1) is 7.26. The lowest BCUT2D eigenvalue weighted by Crippen LogP contribution is -2.42. The summed E-state index contributed by atoms with van der Waals surface area (Å²) in [5.41, 5.74) is 1.14. The molecular weight excluding hydrogens is 188 g/mol. The van der Waals surface area contributed by atoms with Crippen molar-refractivity contribution in [2.24, 2.45) is 0 Å². The van der Waals surface area contributed by atoms with E-state index in [2.05, 4.69) is 12.1 Å². The molecule has 2 nitrogen and oxygen atoms in total. The number of aliphatic hydroxyl groups excluding tert-OH is 1. The zero-order valence-electron chi connectivity index (χ0n) is 9.15. The Bertz CT molecular complexity index is 300. The molecule has 0 spiro atoms. The van der Waals surface area contributed by atoms with Crippen LogP contribution in [0.3, 0.4) is 0 Å². The molecule has 1 aliphatic heterocycles. The minimum absolute atomic E-state index is 0.0977. The van der Waals surface area contributed by atoms with E-state index < -0.39 is 0 Å². The van der Waals surface area contributed by atoms with Gasteiger partial charge in [-0.05, 0) is 25.3 Å². The molecule has 1 fully saturated rings. The van der Waals surface area contributed by atoms with E-state index in [1.165, 1.54) is 5.56 Å². The first-order valence-electron chi connectivity index (χ1n) is 5.57. The average Bonchev–Trinajstić information content (AvgIpc) is 2.31. The summed E-state index contributed by atoms with van der Waals surface area (Å²) in [5.74, 6) is 0. The number of hydrogen-bond acceptors (Lipinski definition) is 2. The Morgan fingerprint density at radius 3 is 2.33 bits per heavy atom. The van der Waals surface area contributed by atoms with Crippen molar-refractivity contribution >= 4 is 0 Å². The van der Waals surface area contributed by atoms with Gasteiger partial charge in [0.25, 0.3) is 0 Å². The van der Waals surface area contributed by atoms with Crippen LogP contribution in [0, 0.1) is 0 Å². The molecule has 1 atom stereocenters. The first-order valence-corrected chi connectivity index (χ1v) is 5.57. The van der Waals surface area contributed by atoms with Crippen molar-refractivity contribution in [3.63, 3.8) is 0 Å². The van der Waals surface area contributed by atoms with E-state index in [4.69, 9.17) is 4.74 Å². The van der Waals surface area contributed by atoms with Gasteiger partial charge in [-0.25, -0.2) is 0 Å². The van der Waals surface area contributed by atoms with E-state index in [0.29, 0.717) is 0 Å². The number of benzene rings is 1. The highest BCUT2D eigenvalue weighted by Crippen LogP contribution is 2.37. The Kier molecular flexibility index (Phi) is 3.08. The Morgan fingerprint density at radius 2 is 1.80 bits per heavy atom. The van der Waals surface area contributed by atoms with Crippen LogP contribution in [-0.2, 0) is 10.2 Å². The Morgan fingerprint density at radius 1 is 1.20 bits per heavy atom. The van der Waals surface area contributed by atoms with Gasteiger partial charge in [-0.1, -0.05) is 30.3 Å². The third-order valence-electron chi connectivity index (χ3n) is 3.53. The molecule has 0 unspecified atom stereocenters. The molecule has 0 radical (unpaired) electrons. The van der Waals surface area contributed by atoms with E-state index in [1.54, 1.807) is 0 Å². The Hall–Kier alpha value is -0.860. The van der Waals surface area contributed by atoms with Crippen molar-refractivity contribution in [3.05, 3.63) is 35.9 Å². The summed E-state index contributed by atoms with van der Waals surface area (Å²) in [5, 5.41) is 10.0. The lowest BCUT2D eigenvalue weighted by atomic mass is 9.70. The van der Waals surface area contributed by atoms with E-state index in [9.17, 15) is 5.11 Å². The van der Waals surface area contributed by atoms with Gasteiger partial charge in [0.05, 0.1) is 6.10 Å². The molecule has 15 heavy (non-hydrogen) atoms. The van der Waals surface area contributed by atoms with Crippen LogP contribution in [0.15, 0.2) is 30.3 Å². The van der Waals surface area contributed by atoms with Crippen LogP contribution in [0.4, 0.5) is 0 Å². The second-order valence-electron chi connectivity index (χ2n) is 4.31. The molecule has 1 heterocycles. The third-order valence-corrected chi connectivity index (χ3v) is 3.53. The monoisotopic (exact) mass is 206 g/mol. The second-order valence-corrected chi connectivity index (χ2v) is 4.31. The lowest BCUT2D eigenvalue weighted by Gasteiger charge is -2.40. The summed E-state index contributed by atoms with van der Waals surface area (Å²) < 4.78 is 5.39. The van der Waals surface area contributed by atoms with Crippen molar-refractivity contribution in [2.75, 3.05) is 13.2 Å². The van der Waals surface area contributed by atoms with E-state index in [1.807, 2.05) is 25.1 Å². The fourth-order valence-corrected chi connectivity index (χ4v) is 2.45. The SMILES string of the molecule is C[C@H](O)C1(c2ccccc2)CCOCC1. The predicted molar refractivity (Wildman–Crippen MR) is 59.9 cm³/mol. The van der Waals surface area contributed by atoms with Crippen LogP contribution in [0.25, 0.3) is 0 Å². The van der Waals surface area contributed by atoms with Gasteiger partial charge in [0, 0.05) is 18.6 Å². The normalized spacial score (nSPS) is 22.3. The standard InChI is InChI=1S/C13H18O2/c1-11(14)13(7-9-15-10-8-13)12-5-3-2-4-6-12/h2-6,11,14H,7-10H2,1H3/t11-/m0/s1. The maximum Gasteiger partial charge on any atom is 0.0610 e. The van der Waals surface area contributed by atoms with Gasteiger partial charge in [0.15, 0.2) is 0 Å². The van der Waals surface area contributed by atoms with Crippen LogP contribution >= 0.6 is 0 Å². The van der Waals surface area contributed by atoms with Gasteiger partial charge >= 0.3 is 0 Å². The predicted octanol–water partition coefficient (Wildman–Crippen LogP) is 2.12. The molecule has 0 saturated carbocycles. The first kappa shape index (κ1) is 10.7. The maximum absolute atomic E-state index is 10.0. The van der Waals surface area contributed by atoms with Crippen LogP contribution < -0.4 is 0 Å². The molecule has 2 heteroatoms. The molecule has 0 amide bonds. The van der Waals surface area contributed by atoms with Crippen molar-refractivity contribution in [1.29, 1.82) is 0 Å². The van der Waals surface area contributed by atoms with E-state index >= 15 is 0 Å². The molecule has 2 rings (SSSR count). The van der Waals surface area contributed by atoms with Gasteiger partial charge in [-0.2, -0.15) is 0 Å². The molecular formula is C13H18O2. The van der Waals surface area contributed by atoms with Crippen molar-refractivity contribution < 1.29 is 9.84 Å². The van der Waals surface area contributed by atoms with Crippen LogP contribution in [0.5, 0.6) is 0 Å². The fraction of sp³-hybridized carbons (Fsp3) is 0.538. The van der Waals surface area contributed by atoms with Gasteiger partial charge in [0.2, 0.25) is 0 Å². The quantitative estimate of drug-likeness (QED) is 0.803. The van der Waals surface area contributed by atoms with Crippen molar-refractivity contribution in [2.45, 2.75) is 31.3 Å². The Labute approximate surface area is 90.9 Å². The van der Waals surface area contributed by atoms with Gasteiger partial charge in [0.1, 0.15) is 0 Å². The molecule has 0 aromatic heterocycles. The summed E-state index contributed by atoms with van der Waals surface area (Å²) in [7, 11) is 0. The van der Waals surface area contributed by atoms with Crippen LogP contribution in [-0.4, -0.2) is 24.4 Å². The minimum Gasteiger partial charge on any atom is -0.392 e. The maximum atomic E-state index is 10.0. The summed E-state index contributed by atoms with van der Waals surface area (Å²) in [6, 6.07) is 10.3. The zero-order valence-corrected chi connectivity index (χ0v) is 9.15. The van der Waals surface area contributed by atoms with Crippen LogP contribution in [0.2, 0.25) is 0 Å². The topological polar surface area (TPSA) is 29.5 Å². The highest BCUT2D eigenvalue weighted by molar-refractivity contribution is 5.27. The number of hydrogen-bond donors (Lipinski definition) is 1. The summed E-state index contributed by atoms with van der Waals surface area (Å²) in [6.45, 7) is 3.39. The smallest absolute Gasteiger partial charge is 0.0610 e. The number of ether oxygens (including phenoxy) is 1. The molecule has 0 aliphatic carbocycles. The van der Waals surface area contributed by atoms with Gasteiger partial charge in [-0.15, -0.1) is 0 Å². The molecule has 1 N–H and O–H groups in total. The largest absolute Gasteiger partial charge is 0.392 e. The molecule has 0 bridgehead atoms. The summed E-state index contributed by atoms with van der Waals surface area (Å²) in [4.78, 5) is 0. The highest BCUT2D eigenvalue weighted by atomic mass is 16.5. The Balaban J connectivity index is 2.34. The summed E-state index contributed by atoms with van der Waals surface area (Å²) in [6.07, 6.45) is 1.51. The van der Waals surface area contributed by atoms with Gasteiger partial charge in [-0.3, -0.25) is 0 Å². The number of aliphatic hydroxyl groups is 1. The van der Waals surface area contributed by atoms with E-state index in [0.717, 1.165) is 26.1 Å². The van der Waals surface area contributed by atoms with Crippen molar-refractivity contribution in [3.8, 4) is 0 Å². The molecule has 1 aromatic carbocycles. The average molecular weight is 206 g/mol. The van der Waals surface area contributed by atoms with E-state index in [-0.39, 0.29) is 11.5 Å². The fourth-order valence-electron chi connectivity index (χ4n) is 2.45. The second kappa shape index (κ2) is 4.33.